The second-order valence-electron chi connectivity index (χ2n) is 4.83. The Bertz CT molecular complexity index is 441. The normalized spacial score (nSPS) is 11.1. The van der Waals surface area contributed by atoms with Crippen LogP contribution in [-0.2, 0) is 16.0 Å². The number of hydrogen-bond acceptors (Lipinski definition) is 2. The topological polar surface area (TPSA) is 72.2 Å². The minimum atomic E-state index is -0.740. The summed E-state index contributed by atoms with van der Waals surface area (Å²) in [7, 11) is 0. The lowest BCUT2D eigenvalue weighted by Gasteiger charge is -2.20. The highest BCUT2D eigenvalue weighted by Gasteiger charge is 2.25. The van der Waals surface area contributed by atoms with Crippen LogP contribution in [0, 0.1) is 5.41 Å². The second-order valence-corrected chi connectivity index (χ2v) is 5.26. The molecule has 0 aliphatic carbocycles. The van der Waals surface area contributed by atoms with E-state index in [0.717, 1.165) is 5.56 Å². The predicted octanol–water partition coefficient (Wildman–Crippen LogP) is 1.51. The van der Waals surface area contributed by atoms with Gasteiger partial charge in [0.15, 0.2) is 0 Å². The molecule has 1 rings (SSSR count). The van der Waals surface area contributed by atoms with Crippen molar-refractivity contribution in [1.82, 2.24) is 5.32 Å². The number of amides is 2. The Morgan fingerprint density at radius 3 is 2.33 bits per heavy atom. The molecule has 0 aromatic heterocycles. The molecule has 98 valence electrons. The highest BCUT2D eigenvalue weighted by Crippen LogP contribution is 2.12. The van der Waals surface area contributed by atoms with Gasteiger partial charge in [0.05, 0.1) is 11.8 Å². The minimum absolute atomic E-state index is 0.147. The number of primary amides is 1. The summed E-state index contributed by atoms with van der Waals surface area (Å²) < 4.78 is 0. The van der Waals surface area contributed by atoms with Crippen LogP contribution < -0.4 is 11.1 Å². The average Bonchev–Trinajstić information content (AvgIpc) is 2.29. The van der Waals surface area contributed by atoms with Crippen molar-refractivity contribution in [2.75, 3.05) is 6.54 Å². The average molecular weight is 269 g/mol. The molecule has 0 unspecified atom stereocenters. The molecule has 0 heterocycles. The van der Waals surface area contributed by atoms with Crippen LogP contribution in [-0.4, -0.2) is 18.4 Å². The lowest BCUT2D eigenvalue weighted by Crippen LogP contribution is -2.42. The molecule has 0 spiro atoms. The van der Waals surface area contributed by atoms with E-state index in [1.54, 1.807) is 38.1 Å². The summed E-state index contributed by atoms with van der Waals surface area (Å²) in [6.07, 6.45) is 0.256. The summed E-state index contributed by atoms with van der Waals surface area (Å²) in [5.74, 6) is -0.582. The molecule has 18 heavy (non-hydrogen) atoms. The van der Waals surface area contributed by atoms with Crippen molar-refractivity contribution in [3.8, 4) is 0 Å². The monoisotopic (exact) mass is 268 g/mol. The Morgan fingerprint density at radius 2 is 1.83 bits per heavy atom. The summed E-state index contributed by atoms with van der Waals surface area (Å²) in [6, 6.07) is 7.05. The Balaban J connectivity index is 2.48. The highest BCUT2D eigenvalue weighted by atomic mass is 35.5. The molecule has 5 heteroatoms. The van der Waals surface area contributed by atoms with Gasteiger partial charge in [0.1, 0.15) is 0 Å². The number of benzene rings is 1. The smallest absolute Gasteiger partial charge is 0.224 e. The molecule has 0 aliphatic rings. The molecule has 0 fully saturated rings. The van der Waals surface area contributed by atoms with Gasteiger partial charge >= 0.3 is 0 Å². The van der Waals surface area contributed by atoms with Gasteiger partial charge in [-0.05, 0) is 31.5 Å². The maximum absolute atomic E-state index is 11.7. The number of carbonyl (C=O) groups excluding carboxylic acids is 2. The van der Waals surface area contributed by atoms with Crippen molar-refractivity contribution in [2.24, 2.45) is 11.1 Å². The summed E-state index contributed by atoms with van der Waals surface area (Å²) in [5.41, 5.74) is 5.35. The predicted molar refractivity (Wildman–Crippen MR) is 71.1 cm³/mol. The molecule has 0 saturated heterocycles. The quantitative estimate of drug-likeness (QED) is 0.850. The fourth-order valence-corrected chi connectivity index (χ4v) is 1.38. The first-order chi connectivity index (χ1) is 8.31. The highest BCUT2D eigenvalue weighted by molar-refractivity contribution is 6.30. The first-order valence-corrected chi connectivity index (χ1v) is 6.00. The van der Waals surface area contributed by atoms with E-state index < -0.39 is 11.3 Å². The molecule has 3 N–H and O–H groups in total. The van der Waals surface area contributed by atoms with Gasteiger partial charge < -0.3 is 11.1 Å². The van der Waals surface area contributed by atoms with E-state index in [0.29, 0.717) is 5.02 Å². The van der Waals surface area contributed by atoms with Crippen LogP contribution in [0.25, 0.3) is 0 Å². The Hall–Kier alpha value is -1.55. The molecular weight excluding hydrogens is 252 g/mol. The van der Waals surface area contributed by atoms with E-state index in [9.17, 15) is 9.59 Å². The fraction of sp³-hybridized carbons (Fsp3) is 0.385. The second kappa shape index (κ2) is 5.87. The van der Waals surface area contributed by atoms with Crippen LogP contribution in [0.3, 0.4) is 0 Å². The molecule has 1 aromatic carbocycles. The van der Waals surface area contributed by atoms with Crippen LogP contribution in [0.2, 0.25) is 5.02 Å². The zero-order valence-corrected chi connectivity index (χ0v) is 11.3. The van der Waals surface area contributed by atoms with Crippen molar-refractivity contribution in [3.05, 3.63) is 34.9 Å². The van der Waals surface area contributed by atoms with E-state index in [4.69, 9.17) is 17.3 Å². The number of halogens is 1. The first kappa shape index (κ1) is 14.5. The molecular formula is C13H17ClN2O2. The SMILES string of the molecule is CC(C)(CNC(=O)Cc1ccc(Cl)cc1)C(N)=O. The number of carbonyl (C=O) groups is 2. The van der Waals surface area contributed by atoms with Crippen LogP contribution >= 0.6 is 11.6 Å². The zero-order chi connectivity index (χ0) is 13.8. The van der Waals surface area contributed by atoms with E-state index in [1.165, 1.54) is 0 Å². The lowest BCUT2D eigenvalue weighted by atomic mass is 9.92. The summed E-state index contributed by atoms with van der Waals surface area (Å²) >= 11 is 5.75. The molecule has 0 saturated carbocycles. The molecule has 0 radical (unpaired) electrons. The minimum Gasteiger partial charge on any atom is -0.369 e. The number of nitrogens with two attached hydrogens (primary N) is 1. The summed E-state index contributed by atoms with van der Waals surface area (Å²) in [4.78, 5) is 22.8. The van der Waals surface area contributed by atoms with Gasteiger partial charge in [-0.2, -0.15) is 0 Å². The molecule has 0 bridgehead atoms. The maximum atomic E-state index is 11.7. The Labute approximate surface area is 112 Å². The largest absolute Gasteiger partial charge is 0.369 e. The van der Waals surface area contributed by atoms with E-state index in [2.05, 4.69) is 5.32 Å². The van der Waals surface area contributed by atoms with Crippen LogP contribution in [0.4, 0.5) is 0 Å². The van der Waals surface area contributed by atoms with Gasteiger partial charge in [-0.15, -0.1) is 0 Å². The van der Waals surface area contributed by atoms with E-state index in [1.807, 2.05) is 0 Å². The van der Waals surface area contributed by atoms with Crippen LogP contribution in [0.5, 0.6) is 0 Å². The van der Waals surface area contributed by atoms with Gasteiger partial charge in [-0.1, -0.05) is 23.7 Å². The first-order valence-electron chi connectivity index (χ1n) is 5.62. The van der Waals surface area contributed by atoms with E-state index in [-0.39, 0.29) is 18.9 Å². The van der Waals surface area contributed by atoms with Gasteiger partial charge in [-0.3, -0.25) is 9.59 Å². The Morgan fingerprint density at radius 1 is 1.28 bits per heavy atom. The van der Waals surface area contributed by atoms with Crippen molar-refractivity contribution in [3.63, 3.8) is 0 Å². The van der Waals surface area contributed by atoms with Gasteiger partial charge in [-0.25, -0.2) is 0 Å². The number of hydrogen-bond donors (Lipinski definition) is 2. The molecule has 4 nitrogen and oxygen atoms in total. The van der Waals surface area contributed by atoms with Gasteiger partial charge in [0.2, 0.25) is 11.8 Å². The molecule has 1 aromatic rings. The number of nitrogens with one attached hydrogen (secondary N) is 1. The fourth-order valence-electron chi connectivity index (χ4n) is 1.26. The summed E-state index contributed by atoms with van der Waals surface area (Å²) in [6.45, 7) is 3.62. The van der Waals surface area contributed by atoms with Gasteiger partial charge in [0, 0.05) is 11.6 Å². The standard InChI is InChI=1S/C13H17ClN2O2/c1-13(2,12(15)18)8-16-11(17)7-9-3-5-10(14)6-4-9/h3-6H,7-8H2,1-2H3,(H2,15,18)(H,16,17). The van der Waals surface area contributed by atoms with E-state index >= 15 is 0 Å². The lowest BCUT2D eigenvalue weighted by molar-refractivity contribution is -0.126. The third-order valence-corrected chi connectivity index (χ3v) is 2.92. The zero-order valence-electron chi connectivity index (χ0n) is 10.5. The van der Waals surface area contributed by atoms with Crippen LogP contribution in [0.1, 0.15) is 19.4 Å². The van der Waals surface area contributed by atoms with Crippen molar-refractivity contribution in [1.29, 1.82) is 0 Å². The molecule has 0 atom stereocenters. The maximum Gasteiger partial charge on any atom is 0.224 e. The van der Waals surface area contributed by atoms with Gasteiger partial charge in [0.25, 0.3) is 0 Å². The van der Waals surface area contributed by atoms with Crippen molar-refractivity contribution < 1.29 is 9.59 Å². The third kappa shape index (κ3) is 4.37. The van der Waals surface area contributed by atoms with Crippen LogP contribution in [0.15, 0.2) is 24.3 Å². The molecule has 2 amide bonds. The summed E-state index contributed by atoms with van der Waals surface area (Å²) in [5, 5.41) is 3.33. The third-order valence-electron chi connectivity index (χ3n) is 2.67. The van der Waals surface area contributed by atoms with Crippen molar-refractivity contribution >= 4 is 23.4 Å². The van der Waals surface area contributed by atoms with Crippen molar-refractivity contribution in [2.45, 2.75) is 20.3 Å². The molecule has 0 aliphatic heterocycles. The Kier molecular flexibility index (Phi) is 4.73. The number of rotatable bonds is 5.